The summed E-state index contributed by atoms with van der Waals surface area (Å²) in [4.78, 5) is 15.7. The van der Waals surface area contributed by atoms with Crippen molar-refractivity contribution in [1.29, 1.82) is 0 Å². The van der Waals surface area contributed by atoms with Crippen LogP contribution in [0.1, 0.15) is 42.2 Å². The van der Waals surface area contributed by atoms with E-state index in [9.17, 15) is 4.79 Å². The van der Waals surface area contributed by atoms with E-state index in [1.165, 1.54) is 11.3 Å². The van der Waals surface area contributed by atoms with Gasteiger partial charge >= 0.3 is 0 Å². The normalized spacial score (nSPS) is 11.1. The molecular weight excluding hydrogens is 372 g/mol. The van der Waals surface area contributed by atoms with E-state index < -0.39 is 0 Å². The van der Waals surface area contributed by atoms with Crippen molar-refractivity contribution < 1.29 is 4.79 Å². The summed E-state index contributed by atoms with van der Waals surface area (Å²) in [5.74, 6) is 0.0430. The fourth-order valence-corrected chi connectivity index (χ4v) is 3.70. The number of hydrogen-bond acceptors (Lipinski definition) is 2. The Morgan fingerprint density at radius 3 is 2.71 bits per heavy atom. The van der Waals surface area contributed by atoms with Crippen molar-refractivity contribution in [2.75, 3.05) is 6.54 Å². The first-order valence-corrected chi connectivity index (χ1v) is 8.82. The number of aromatic nitrogens is 1. The van der Waals surface area contributed by atoms with Crippen molar-refractivity contribution in [2.45, 2.75) is 33.4 Å². The first kappa shape index (κ1) is 16.6. The Labute approximate surface area is 142 Å². The van der Waals surface area contributed by atoms with Gasteiger partial charge in [-0.15, -0.1) is 11.3 Å². The molecule has 0 aliphatic heterocycles. The van der Waals surface area contributed by atoms with Crippen molar-refractivity contribution in [2.24, 2.45) is 0 Å². The van der Waals surface area contributed by atoms with Crippen LogP contribution in [0.25, 0.3) is 0 Å². The maximum absolute atomic E-state index is 12.8. The molecule has 2 aromatic rings. The van der Waals surface area contributed by atoms with Gasteiger partial charge in [0.15, 0.2) is 0 Å². The fourth-order valence-electron chi connectivity index (χ4n) is 2.16. The van der Waals surface area contributed by atoms with Crippen LogP contribution in [-0.2, 0) is 6.54 Å². The minimum absolute atomic E-state index is 0.0430. The molecular formula is C15H18BrClN2OS. The molecule has 2 heterocycles. The number of carbonyl (C=O) groups is 1. The lowest BCUT2D eigenvalue weighted by Gasteiger charge is -2.22. The number of halogens is 2. The molecule has 1 amide bonds. The van der Waals surface area contributed by atoms with Crippen molar-refractivity contribution in [1.82, 2.24) is 9.47 Å². The molecule has 114 valence electrons. The van der Waals surface area contributed by atoms with Crippen LogP contribution in [0.15, 0.2) is 28.9 Å². The molecule has 0 aliphatic carbocycles. The highest BCUT2D eigenvalue weighted by Gasteiger charge is 2.20. The zero-order valence-electron chi connectivity index (χ0n) is 12.3. The monoisotopic (exact) mass is 388 g/mol. The van der Waals surface area contributed by atoms with Crippen LogP contribution >= 0.6 is 38.9 Å². The maximum atomic E-state index is 12.8. The predicted octanol–water partition coefficient (Wildman–Crippen LogP) is 5.21. The Hall–Kier alpha value is -0.780. The number of nitrogens with zero attached hydrogens (tertiary/aromatic N) is 2. The van der Waals surface area contributed by atoms with Gasteiger partial charge in [0.25, 0.3) is 5.91 Å². The van der Waals surface area contributed by atoms with Crippen LogP contribution in [-0.4, -0.2) is 21.9 Å². The van der Waals surface area contributed by atoms with Crippen molar-refractivity contribution in [3.05, 3.63) is 43.8 Å². The molecule has 6 heteroatoms. The van der Waals surface area contributed by atoms with E-state index in [0.717, 1.165) is 13.7 Å². The summed E-state index contributed by atoms with van der Waals surface area (Å²) in [6.07, 6.45) is 1.95. The third-order valence-electron chi connectivity index (χ3n) is 3.24. The Kier molecular flexibility index (Phi) is 5.52. The predicted molar refractivity (Wildman–Crippen MR) is 92.3 cm³/mol. The Morgan fingerprint density at radius 2 is 2.19 bits per heavy atom. The summed E-state index contributed by atoms with van der Waals surface area (Å²) in [5, 5.41) is 0. The van der Waals surface area contributed by atoms with Crippen LogP contribution in [0.2, 0.25) is 4.34 Å². The second kappa shape index (κ2) is 6.99. The second-order valence-electron chi connectivity index (χ2n) is 5.07. The van der Waals surface area contributed by atoms with Crippen LogP contribution < -0.4 is 0 Å². The lowest BCUT2D eigenvalue weighted by molar-refractivity contribution is 0.0741. The first-order valence-electron chi connectivity index (χ1n) is 6.83. The molecule has 2 rings (SSSR count). The van der Waals surface area contributed by atoms with Crippen molar-refractivity contribution in [3.63, 3.8) is 0 Å². The largest absolute Gasteiger partial charge is 0.340 e. The molecule has 0 aromatic carbocycles. The summed E-state index contributed by atoms with van der Waals surface area (Å²) < 4.78 is 3.67. The molecule has 0 unspecified atom stereocenters. The SMILES string of the molecule is CCN(Cc1ccc(Cl)s1)C(=O)c1cc(Br)cn1C(C)C. The first-order chi connectivity index (χ1) is 9.92. The molecule has 0 spiro atoms. The van der Waals surface area contributed by atoms with E-state index in [1.807, 2.05) is 40.8 Å². The average Bonchev–Trinajstić information content (AvgIpc) is 3.01. The van der Waals surface area contributed by atoms with Gasteiger partial charge in [0.05, 0.1) is 10.9 Å². The van der Waals surface area contributed by atoms with Gasteiger partial charge in [-0.05, 0) is 54.9 Å². The maximum Gasteiger partial charge on any atom is 0.270 e. The summed E-state index contributed by atoms with van der Waals surface area (Å²) in [6, 6.07) is 5.96. The molecule has 2 aromatic heterocycles. The van der Waals surface area contributed by atoms with Gasteiger partial charge in [-0.1, -0.05) is 11.6 Å². The molecule has 0 fully saturated rings. The third kappa shape index (κ3) is 3.90. The molecule has 0 atom stereocenters. The van der Waals surface area contributed by atoms with Gasteiger partial charge in [0.1, 0.15) is 5.69 Å². The van der Waals surface area contributed by atoms with E-state index in [4.69, 9.17) is 11.6 Å². The fraction of sp³-hybridized carbons (Fsp3) is 0.400. The third-order valence-corrected chi connectivity index (χ3v) is 4.88. The molecule has 0 N–H and O–H groups in total. The van der Waals surface area contributed by atoms with Crippen LogP contribution in [0.5, 0.6) is 0 Å². The Bertz CT molecular complexity index is 635. The van der Waals surface area contributed by atoms with E-state index in [1.54, 1.807) is 0 Å². The highest BCUT2D eigenvalue weighted by atomic mass is 79.9. The molecule has 0 bridgehead atoms. The summed E-state index contributed by atoms with van der Waals surface area (Å²) in [6.45, 7) is 7.38. The molecule has 0 aliphatic rings. The molecule has 0 radical (unpaired) electrons. The highest BCUT2D eigenvalue weighted by Crippen LogP contribution is 2.25. The van der Waals surface area contributed by atoms with Gasteiger partial charge in [-0.25, -0.2) is 0 Å². The highest BCUT2D eigenvalue weighted by molar-refractivity contribution is 9.10. The topological polar surface area (TPSA) is 25.2 Å². The molecule has 0 saturated carbocycles. The number of rotatable bonds is 5. The number of thiophene rings is 1. The van der Waals surface area contributed by atoms with E-state index in [2.05, 4.69) is 29.8 Å². The van der Waals surface area contributed by atoms with Crippen LogP contribution in [0.4, 0.5) is 0 Å². The van der Waals surface area contributed by atoms with Gasteiger partial charge in [-0.2, -0.15) is 0 Å². The standard InChI is InChI=1S/C15H18BrClN2OS/c1-4-18(9-12-5-6-14(17)21-12)15(20)13-7-11(16)8-19(13)10(2)3/h5-8,10H,4,9H2,1-3H3. The minimum atomic E-state index is 0.0430. The summed E-state index contributed by atoms with van der Waals surface area (Å²) in [5.41, 5.74) is 0.710. The lowest BCUT2D eigenvalue weighted by Crippen LogP contribution is -2.31. The Morgan fingerprint density at radius 1 is 1.48 bits per heavy atom. The number of hydrogen-bond donors (Lipinski definition) is 0. The molecule has 3 nitrogen and oxygen atoms in total. The van der Waals surface area contributed by atoms with Gasteiger partial charge in [-0.3, -0.25) is 4.79 Å². The van der Waals surface area contributed by atoms with E-state index in [-0.39, 0.29) is 11.9 Å². The summed E-state index contributed by atoms with van der Waals surface area (Å²) >= 11 is 10.9. The molecule has 0 saturated heterocycles. The minimum Gasteiger partial charge on any atom is -0.340 e. The van der Waals surface area contributed by atoms with Crippen molar-refractivity contribution >= 4 is 44.8 Å². The van der Waals surface area contributed by atoms with E-state index >= 15 is 0 Å². The van der Waals surface area contributed by atoms with Gasteiger partial charge in [0.2, 0.25) is 0 Å². The number of amides is 1. The smallest absolute Gasteiger partial charge is 0.270 e. The number of carbonyl (C=O) groups excluding carboxylic acids is 1. The van der Waals surface area contributed by atoms with Gasteiger partial charge < -0.3 is 9.47 Å². The van der Waals surface area contributed by atoms with E-state index in [0.29, 0.717) is 18.8 Å². The average molecular weight is 390 g/mol. The zero-order valence-corrected chi connectivity index (χ0v) is 15.4. The lowest BCUT2D eigenvalue weighted by atomic mass is 10.3. The van der Waals surface area contributed by atoms with Crippen LogP contribution in [0.3, 0.4) is 0 Å². The van der Waals surface area contributed by atoms with Crippen LogP contribution in [0, 0.1) is 0 Å². The second-order valence-corrected chi connectivity index (χ2v) is 7.79. The Balaban J connectivity index is 2.24. The van der Waals surface area contributed by atoms with Gasteiger partial charge in [0, 0.05) is 28.1 Å². The van der Waals surface area contributed by atoms with Crippen molar-refractivity contribution in [3.8, 4) is 0 Å². The zero-order chi connectivity index (χ0) is 15.6. The quantitative estimate of drug-likeness (QED) is 0.689. The molecule has 21 heavy (non-hydrogen) atoms. The summed E-state index contributed by atoms with van der Waals surface area (Å²) in [7, 11) is 0.